The number of hydrogen-bond acceptors (Lipinski definition) is 13. The van der Waals surface area contributed by atoms with Gasteiger partial charge in [0, 0.05) is 6.61 Å². The highest BCUT2D eigenvalue weighted by Crippen LogP contribution is 2.59. The number of ether oxygens (including phenoxy) is 3. The lowest BCUT2D eigenvalue weighted by Gasteiger charge is -2.27. The third kappa shape index (κ3) is 14.5. The molecule has 288 valence electrons. The summed E-state index contributed by atoms with van der Waals surface area (Å²) in [6, 6.07) is 0. The minimum absolute atomic E-state index is 0.0156. The molecule has 2 aromatic rings. The van der Waals surface area contributed by atoms with Gasteiger partial charge >= 0.3 is 15.4 Å². The van der Waals surface area contributed by atoms with E-state index in [1.165, 1.54) is 108 Å². The van der Waals surface area contributed by atoms with Crippen molar-refractivity contribution in [1.29, 1.82) is 0 Å². The van der Waals surface area contributed by atoms with Gasteiger partial charge in [-0.15, -0.1) is 0 Å². The molecule has 1 fully saturated rings. The van der Waals surface area contributed by atoms with Gasteiger partial charge in [-0.25, -0.2) is 23.8 Å². The van der Waals surface area contributed by atoms with Gasteiger partial charge in [0.15, 0.2) is 17.7 Å². The quantitative estimate of drug-likeness (QED) is 0.0497. The van der Waals surface area contributed by atoms with Gasteiger partial charge in [-0.3, -0.25) is 13.7 Å². The Morgan fingerprint density at radius 1 is 0.860 bits per heavy atom. The van der Waals surface area contributed by atoms with E-state index in [-0.39, 0.29) is 30.2 Å². The van der Waals surface area contributed by atoms with Crippen LogP contribution in [0.3, 0.4) is 0 Å². The summed E-state index contributed by atoms with van der Waals surface area (Å²) in [6.07, 6.45) is 18.1. The summed E-state index contributed by atoms with van der Waals surface area (Å²) in [6.45, 7) is 3.31. The van der Waals surface area contributed by atoms with E-state index in [4.69, 9.17) is 24.5 Å². The smallest absolute Gasteiger partial charge is 0.387 e. The number of imidazole rings is 1. The molecule has 0 saturated carbocycles. The molecule has 6 atom stereocenters. The Bertz CT molecular complexity index is 1350. The van der Waals surface area contributed by atoms with E-state index in [1.54, 1.807) is 0 Å². The van der Waals surface area contributed by atoms with Crippen LogP contribution in [0.1, 0.15) is 123 Å². The zero-order chi connectivity index (χ0) is 36.5. The highest BCUT2D eigenvalue weighted by Gasteiger charge is 2.53. The van der Waals surface area contributed by atoms with Crippen LogP contribution in [0.5, 0.6) is 0 Å². The number of aliphatic hydroxyl groups excluding tert-OH is 1. The highest BCUT2D eigenvalue weighted by atomic mass is 31.3. The first kappa shape index (κ1) is 42.9. The number of nitrogens with zero attached hydrogens (tertiary/aromatic N) is 4. The molecule has 0 bridgehead atoms. The number of nitrogens with two attached hydrogens (primary N) is 1. The van der Waals surface area contributed by atoms with Gasteiger partial charge < -0.3 is 39.9 Å². The Morgan fingerprint density at radius 3 is 2.04 bits per heavy atom. The molecular formula is C32H59N5O11P2. The van der Waals surface area contributed by atoms with E-state index in [0.29, 0.717) is 6.61 Å². The van der Waals surface area contributed by atoms with Crippen LogP contribution in [0, 0.1) is 0 Å². The largest absolute Gasteiger partial charge is 0.479 e. The van der Waals surface area contributed by atoms with E-state index >= 15 is 0 Å². The molecule has 2 unspecified atom stereocenters. The summed E-state index contributed by atoms with van der Waals surface area (Å²) in [4.78, 5) is 32.1. The van der Waals surface area contributed by atoms with E-state index < -0.39 is 52.4 Å². The van der Waals surface area contributed by atoms with Crippen LogP contribution in [0.2, 0.25) is 0 Å². The summed E-state index contributed by atoms with van der Waals surface area (Å²) in [7, 11) is -9.67. The molecule has 0 spiro atoms. The molecule has 3 heterocycles. The lowest BCUT2D eigenvalue weighted by molar-refractivity contribution is -0.0959. The van der Waals surface area contributed by atoms with Gasteiger partial charge in [0.05, 0.1) is 26.1 Å². The van der Waals surface area contributed by atoms with Gasteiger partial charge in [-0.05, 0) is 13.3 Å². The first-order chi connectivity index (χ1) is 23.9. The molecule has 0 aromatic carbocycles. The van der Waals surface area contributed by atoms with Gasteiger partial charge in [0.1, 0.15) is 36.0 Å². The van der Waals surface area contributed by atoms with Gasteiger partial charge in [-0.1, -0.05) is 103 Å². The second-order valence-electron chi connectivity index (χ2n) is 13.2. The molecule has 18 heteroatoms. The van der Waals surface area contributed by atoms with E-state index in [0.717, 1.165) is 19.3 Å². The molecule has 2 aromatic heterocycles. The van der Waals surface area contributed by atoms with Crippen LogP contribution in [0.4, 0.5) is 5.82 Å². The standard InChI is InChI=1S/C32H59N5O11P2/c1-3-4-5-6-7-8-9-10-11-12-13-14-15-16-17-18-19-44-20-21-46-50(42,43)48-49(40,41)25-45-22-26-28(38)32(2,39)31(47-26)37-24-36-27-29(33)34-23-35-30(27)37/h23-24,26,28,31,38-39H,3-22,25H2,1-2H3,(H,40,41)(H,42,43)(H2,33,34,35)/t26-,28-,31-,32-/m1/s1. The minimum atomic E-state index is -4.90. The fraction of sp³-hybridized carbons (Fsp3) is 0.844. The van der Waals surface area contributed by atoms with Gasteiger partial charge in [0.2, 0.25) is 0 Å². The van der Waals surface area contributed by atoms with Crippen molar-refractivity contribution >= 4 is 32.4 Å². The fourth-order valence-electron chi connectivity index (χ4n) is 5.98. The Morgan fingerprint density at radius 2 is 1.44 bits per heavy atom. The number of rotatable bonds is 28. The number of phosphoric acid groups is 1. The maximum absolute atomic E-state index is 12.4. The molecule has 0 aliphatic carbocycles. The monoisotopic (exact) mass is 751 g/mol. The highest BCUT2D eigenvalue weighted by molar-refractivity contribution is 7.63. The Labute approximate surface area is 295 Å². The van der Waals surface area contributed by atoms with Crippen molar-refractivity contribution < 1.29 is 52.2 Å². The first-order valence-corrected chi connectivity index (χ1v) is 21.3. The van der Waals surface area contributed by atoms with Crippen molar-refractivity contribution in [3.8, 4) is 0 Å². The SMILES string of the molecule is CCCCCCCCCCCCCCCCCCOCCOP(=O)(O)OP(=O)(O)COC[C@H]1O[C@@H](n2cnc3c(N)ncnc32)[C@](C)(O)[C@@H]1O. The van der Waals surface area contributed by atoms with Crippen LogP contribution in [0.15, 0.2) is 12.7 Å². The van der Waals surface area contributed by atoms with Crippen LogP contribution in [-0.4, -0.2) is 90.1 Å². The van der Waals surface area contributed by atoms with Crippen molar-refractivity contribution in [3.05, 3.63) is 12.7 Å². The molecule has 3 rings (SSSR count). The molecule has 6 N–H and O–H groups in total. The molecule has 1 aliphatic rings. The summed E-state index contributed by atoms with van der Waals surface area (Å²) in [5.74, 6) is 0.119. The summed E-state index contributed by atoms with van der Waals surface area (Å²) in [5, 5.41) is 21.7. The predicted molar refractivity (Wildman–Crippen MR) is 188 cm³/mol. The number of phosphoric ester groups is 1. The second-order valence-corrected chi connectivity index (χ2v) is 16.6. The Kier molecular flexibility index (Phi) is 18.7. The molecule has 16 nitrogen and oxygen atoms in total. The van der Waals surface area contributed by atoms with E-state index in [2.05, 4.69) is 26.2 Å². The lowest BCUT2D eigenvalue weighted by Crippen LogP contribution is -2.44. The topological polar surface area (TPSA) is 231 Å². The van der Waals surface area contributed by atoms with Crippen LogP contribution in [-0.2, 0) is 32.2 Å². The molecule has 0 amide bonds. The van der Waals surface area contributed by atoms with Crippen LogP contribution < -0.4 is 5.73 Å². The second kappa shape index (κ2) is 21.9. The normalized spacial score (nSPS) is 23.4. The average molecular weight is 752 g/mol. The molecule has 1 saturated heterocycles. The number of anilines is 1. The number of unbranched alkanes of at least 4 members (excludes halogenated alkanes) is 15. The third-order valence-corrected chi connectivity index (χ3v) is 11.6. The maximum atomic E-state index is 12.4. The number of nitrogen functional groups attached to an aromatic ring is 1. The molecule has 0 radical (unpaired) electrons. The van der Waals surface area contributed by atoms with Gasteiger partial charge in [-0.2, -0.15) is 0 Å². The Balaban J connectivity index is 1.20. The summed E-state index contributed by atoms with van der Waals surface area (Å²) >= 11 is 0. The number of aliphatic hydroxyl groups is 2. The predicted octanol–water partition coefficient (Wildman–Crippen LogP) is 5.99. The number of aromatic nitrogens is 4. The van der Waals surface area contributed by atoms with E-state index in [9.17, 15) is 29.1 Å². The van der Waals surface area contributed by atoms with Crippen LogP contribution >= 0.6 is 15.4 Å². The lowest BCUT2D eigenvalue weighted by atomic mass is 9.96. The minimum Gasteiger partial charge on any atom is -0.387 e. The number of hydrogen-bond donors (Lipinski definition) is 5. The van der Waals surface area contributed by atoms with E-state index in [1.807, 2.05) is 0 Å². The van der Waals surface area contributed by atoms with Crippen molar-refractivity contribution in [3.63, 3.8) is 0 Å². The van der Waals surface area contributed by atoms with Crippen molar-refractivity contribution in [2.45, 2.75) is 141 Å². The van der Waals surface area contributed by atoms with Crippen LogP contribution in [0.25, 0.3) is 11.2 Å². The molecule has 50 heavy (non-hydrogen) atoms. The fourth-order valence-corrected chi connectivity index (χ4v) is 8.29. The molecule has 1 aliphatic heterocycles. The summed E-state index contributed by atoms with van der Waals surface area (Å²) < 4.78 is 51.7. The van der Waals surface area contributed by atoms with Crippen molar-refractivity contribution in [2.75, 3.05) is 38.5 Å². The summed E-state index contributed by atoms with van der Waals surface area (Å²) in [5.41, 5.74) is 4.51. The van der Waals surface area contributed by atoms with Crippen molar-refractivity contribution in [1.82, 2.24) is 19.5 Å². The first-order valence-electron chi connectivity index (χ1n) is 18.0. The maximum Gasteiger partial charge on any atom is 0.479 e. The zero-order valence-corrected chi connectivity index (χ0v) is 31.4. The third-order valence-electron chi connectivity index (χ3n) is 8.79. The number of fused-ring (bicyclic) bond motifs is 1. The van der Waals surface area contributed by atoms with Gasteiger partial charge in [0.25, 0.3) is 0 Å². The van der Waals surface area contributed by atoms with Crippen molar-refractivity contribution in [2.24, 2.45) is 0 Å². The molecular weight excluding hydrogens is 692 g/mol. The zero-order valence-electron chi connectivity index (χ0n) is 29.6. The average Bonchev–Trinajstić information content (AvgIpc) is 3.58. The Hall–Kier alpha value is -1.55.